The summed E-state index contributed by atoms with van der Waals surface area (Å²) in [4.78, 5) is 16.8. The van der Waals surface area contributed by atoms with E-state index in [1.807, 2.05) is 49.8 Å². The van der Waals surface area contributed by atoms with Gasteiger partial charge >= 0.3 is 6.03 Å². The van der Waals surface area contributed by atoms with Gasteiger partial charge in [0.15, 0.2) is 0 Å². The van der Waals surface area contributed by atoms with Crippen LogP contribution in [0, 0.1) is 0 Å². The van der Waals surface area contributed by atoms with Crippen LogP contribution in [0.25, 0.3) is 0 Å². The smallest absolute Gasteiger partial charge is 0.322 e. The topological polar surface area (TPSA) is 60.2 Å². The Bertz CT molecular complexity index is 562. The number of benzene rings is 1. The molecule has 3 N–H and O–H groups in total. The number of carbonyl (C=O) groups excluding carboxylic acids is 1. The van der Waals surface area contributed by atoms with E-state index < -0.39 is 0 Å². The van der Waals surface area contributed by atoms with Crippen molar-refractivity contribution in [3.05, 3.63) is 48.3 Å². The van der Waals surface area contributed by atoms with Gasteiger partial charge in [-0.15, -0.1) is 0 Å². The van der Waals surface area contributed by atoms with Crippen LogP contribution in [0.2, 0.25) is 0 Å². The number of hydrogen-bond acceptors (Lipinski definition) is 2. The van der Waals surface area contributed by atoms with Gasteiger partial charge in [-0.2, -0.15) is 0 Å². The molecule has 1 atom stereocenters. The maximum atomic E-state index is 12.0. The average Bonchev–Trinajstić information content (AvgIpc) is 3.08. The lowest BCUT2D eigenvalue weighted by Gasteiger charge is -2.15. The second-order valence-electron chi connectivity index (χ2n) is 4.55. The molecule has 1 aliphatic heterocycles. The third kappa shape index (κ3) is 2.14. The number of carbonyl (C=O) groups is 1. The Morgan fingerprint density at radius 1 is 1.26 bits per heavy atom. The molecule has 0 radical (unpaired) electrons. The van der Waals surface area contributed by atoms with Crippen molar-refractivity contribution < 1.29 is 4.79 Å². The van der Waals surface area contributed by atoms with Crippen LogP contribution in [0.3, 0.4) is 0 Å². The van der Waals surface area contributed by atoms with Crippen LogP contribution < -0.4 is 15.5 Å². The van der Waals surface area contributed by atoms with Gasteiger partial charge in [-0.05, 0) is 35.9 Å². The van der Waals surface area contributed by atoms with Gasteiger partial charge in [-0.1, -0.05) is 0 Å². The number of nitrogens with zero attached hydrogens (tertiary/aromatic N) is 1. The number of urea groups is 1. The summed E-state index contributed by atoms with van der Waals surface area (Å²) in [5, 5.41) is 6.05. The first-order valence-corrected chi connectivity index (χ1v) is 6.26. The highest BCUT2D eigenvalue weighted by Crippen LogP contribution is 2.26. The molecule has 2 aromatic rings. The van der Waals surface area contributed by atoms with Crippen molar-refractivity contribution in [2.24, 2.45) is 0 Å². The summed E-state index contributed by atoms with van der Waals surface area (Å²) in [5.74, 6) is 0. The van der Waals surface area contributed by atoms with Crippen LogP contribution >= 0.6 is 0 Å². The quantitative estimate of drug-likeness (QED) is 0.789. The van der Waals surface area contributed by atoms with Gasteiger partial charge in [0.25, 0.3) is 0 Å². The molecular weight excluding hydrogens is 240 g/mol. The Hall–Kier alpha value is -2.43. The fraction of sp³-hybridized carbons (Fsp3) is 0.214. The second kappa shape index (κ2) is 4.68. The van der Waals surface area contributed by atoms with E-state index in [4.69, 9.17) is 0 Å². The van der Waals surface area contributed by atoms with Crippen molar-refractivity contribution in [1.29, 1.82) is 0 Å². The molecule has 5 heteroatoms. The highest BCUT2D eigenvalue weighted by atomic mass is 16.2. The monoisotopic (exact) mass is 256 g/mol. The SMILES string of the molecule is CNc1ccc(N2CC(c3cc[nH]c3)NC2=O)cc1. The van der Waals surface area contributed by atoms with Crippen molar-refractivity contribution in [1.82, 2.24) is 10.3 Å². The minimum absolute atomic E-state index is 0.0442. The Morgan fingerprint density at radius 3 is 2.68 bits per heavy atom. The van der Waals surface area contributed by atoms with E-state index in [1.165, 1.54) is 0 Å². The number of aromatic nitrogens is 1. The number of rotatable bonds is 3. The lowest BCUT2D eigenvalue weighted by atomic mass is 10.1. The molecule has 5 nitrogen and oxygen atoms in total. The Kier molecular flexibility index (Phi) is 2.87. The normalized spacial score (nSPS) is 18.5. The van der Waals surface area contributed by atoms with Crippen LogP contribution in [-0.4, -0.2) is 24.6 Å². The molecule has 1 aromatic carbocycles. The summed E-state index contributed by atoms with van der Waals surface area (Å²) in [6.07, 6.45) is 3.78. The molecule has 2 heterocycles. The fourth-order valence-corrected chi connectivity index (χ4v) is 2.31. The van der Waals surface area contributed by atoms with E-state index in [2.05, 4.69) is 15.6 Å². The molecule has 1 aliphatic rings. The molecule has 1 unspecified atom stereocenters. The number of hydrogen-bond donors (Lipinski definition) is 3. The van der Waals surface area contributed by atoms with Crippen LogP contribution in [0.15, 0.2) is 42.7 Å². The lowest BCUT2D eigenvalue weighted by Crippen LogP contribution is -2.27. The summed E-state index contributed by atoms with van der Waals surface area (Å²) in [6, 6.07) is 9.80. The van der Waals surface area contributed by atoms with E-state index in [1.54, 1.807) is 4.90 Å². The number of H-pyrrole nitrogens is 1. The summed E-state index contributed by atoms with van der Waals surface area (Å²) in [6.45, 7) is 0.648. The Labute approximate surface area is 111 Å². The number of amides is 2. The summed E-state index contributed by atoms with van der Waals surface area (Å²) in [7, 11) is 1.87. The molecule has 0 spiro atoms. The van der Waals surface area contributed by atoms with Crippen molar-refractivity contribution in [2.45, 2.75) is 6.04 Å². The molecule has 19 heavy (non-hydrogen) atoms. The predicted molar refractivity (Wildman–Crippen MR) is 75.4 cm³/mol. The maximum Gasteiger partial charge on any atom is 0.322 e. The largest absolute Gasteiger partial charge is 0.388 e. The van der Waals surface area contributed by atoms with Gasteiger partial charge in [-0.3, -0.25) is 4.90 Å². The summed E-state index contributed by atoms with van der Waals surface area (Å²) < 4.78 is 0. The van der Waals surface area contributed by atoms with Crippen molar-refractivity contribution in [3.63, 3.8) is 0 Å². The number of nitrogens with one attached hydrogen (secondary N) is 3. The molecule has 1 fully saturated rings. The number of anilines is 2. The number of aromatic amines is 1. The maximum absolute atomic E-state index is 12.0. The van der Waals surface area contributed by atoms with Crippen molar-refractivity contribution >= 4 is 17.4 Å². The van der Waals surface area contributed by atoms with Crippen LogP contribution in [0.1, 0.15) is 11.6 Å². The zero-order valence-electron chi connectivity index (χ0n) is 10.7. The van der Waals surface area contributed by atoms with Crippen LogP contribution in [0.4, 0.5) is 16.2 Å². The van der Waals surface area contributed by atoms with Gasteiger partial charge in [0.2, 0.25) is 0 Å². The Balaban J connectivity index is 1.79. The lowest BCUT2D eigenvalue weighted by molar-refractivity contribution is 0.251. The minimum Gasteiger partial charge on any atom is -0.388 e. The van der Waals surface area contributed by atoms with Gasteiger partial charge < -0.3 is 15.6 Å². The first-order chi connectivity index (χ1) is 9.28. The van der Waals surface area contributed by atoms with Gasteiger partial charge in [0, 0.05) is 30.8 Å². The molecule has 0 saturated carbocycles. The van der Waals surface area contributed by atoms with Gasteiger partial charge in [-0.25, -0.2) is 4.79 Å². The third-order valence-electron chi connectivity index (χ3n) is 3.40. The molecule has 2 amide bonds. The molecule has 1 aromatic heterocycles. The van der Waals surface area contributed by atoms with E-state index in [-0.39, 0.29) is 12.1 Å². The van der Waals surface area contributed by atoms with E-state index in [9.17, 15) is 4.79 Å². The molecule has 3 rings (SSSR count). The predicted octanol–water partition coefficient (Wildman–Crippen LogP) is 2.33. The minimum atomic E-state index is -0.0524. The van der Waals surface area contributed by atoms with E-state index in [0.29, 0.717) is 6.54 Å². The zero-order valence-corrected chi connectivity index (χ0v) is 10.7. The van der Waals surface area contributed by atoms with Crippen LogP contribution in [0.5, 0.6) is 0 Å². The summed E-state index contributed by atoms with van der Waals surface area (Å²) in [5.41, 5.74) is 3.04. The van der Waals surface area contributed by atoms with Gasteiger partial charge in [0.05, 0.1) is 12.6 Å². The highest BCUT2D eigenvalue weighted by Gasteiger charge is 2.30. The van der Waals surface area contributed by atoms with Gasteiger partial charge in [0.1, 0.15) is 0 Å². The van der Waals surface area contributed by atoms with Crippen LogP contribution in [-0.2, 0) is 0 Å². The highest BCUT2D eigenvalue weighted by molar-refractivity contribution is 5.94. The zero-order chi connectivity index (χ0) is 13.2. The van der Waals surface area contributed by atoms with Crippen molar-refractivity contribution in [3.8, 4) is 0 Å². The second-order valence-corrected chi connectivity index (χ2v) is 4.55. The van der Waals surface area contributed by atoms with E-state index in [0.717, 1.165) is 16.9 Å². The summed E-state index contributed by atoms with van der Waals surface area (Å²) >= 11 is 0. The van der Waals surface area contributed by atoms with Crippen molar-refractivity contribution in [2.75, 3.05) is 23.8 Å². The molecule has 1 saturated heterocycles. The fourth-order valence-electron chi connectivity index (χ4n) is 2.31. The first kappa shape index (κ1) is 11.6. The molecule has 0 bridgehead atoms. The average molecular weight is 256 g/mol. The standard InChI is InChI=1S/C14H16N4O/c1-15-11-2-4-12(5-3-11)18-9-13(17-14(18)19)10-6-7-16-8-10/h2-8,13,15-16H,9H2,1H3,(H,17,19). The Morgan fingerprint density at radius 2 is 2.05 bits per heavy atom. The van der Waals surface area contributed by atoms with E-state index >= 15 is 0 Å². The third-order valence-corrected chi connectivity index (χ3v) is 3.40. The molecular formula is C14H16N4O. The molecule has 98 valence electrons. The molecule has 0 aliphatic carbocycles. The first-order valence-electron chi connectivity index (χ1n) is 6.26.